The zero-order valence-corrected chi connectivity index (χ0v) is 14.0. The molecule has 0 aliphatic heterocycles. The highest BCUT2D eigenvalue weighted by molar-refractivity contribution is 6.09. The van der Waals surface area contributed by atoms with Crippen LogP contribution >= 0.6 is 0 Å². The van der Waals surface area contributed by atoms with Crippen LogP contribution in [0.15, 0.2) is 76.5 Å². The minimum absolute atomic E-state index is 0.512. The first-order valence-electron chi connectivity index (χ1n) is 7.51. The predicted octanol–water partition coefficient (Wildman–Crippen LogP) is 5.95. The normalized spacial score (nSPS) is 25.2. The quantitative estimate of drug-likeness (QED) is 0.446. The van der Waals surface area contributed by atoms with E-state index in [-0.39, 0.29) is 0 Å². The number of allylic oxidation sites excluding steroid dienone is 10. The molecule has 1 heteroatoms. The maximum atomic E-state index is 4.42. The lowest BCUT2D eigenvalue weighted by molar-refractivity contribution is 0.927. The van der Waals surface area contributed by atoms with E-state index in [9.17, 15) is 0 Å². The van der Waals surface area contributed by atoms with Gasteiger partial charge in [0.2, 0.25) is 0 Å². The Morgan fingerprint density at radius 2 is 1.95 bits per heavy atom. The summed E-state index contributed by atoms with van der Waals surface area (Å²) in [4.78, 5) is 4.42. The second kappa shape index (κ2) is 8.41. The average molecular weight is 281 g/mol. The van der Waals surface area contributed by atoms with Crippen molar-refractivity contribution in [3.8, 4) is 0 Å². The Hall–Kier alpha value is -1.89. The molecule has 21 heavy (non-hydrogen) atoms. The SMILES string of the molecule is C=C/N=C(/C=C(C)/C1=C/C=C\C(C)/C=C\C1)C(C)=C(C)C. The van der Waals surface area contributed by atoms with Gasteiger partial charge in [-0.2, -0.15) is 0 Å². The first-order valence-corrected chi connectivity index (χ1v) is 7.51. The smallest absolute Gasteiger partial charge is 0.0660 e. The van der Waals surface area contributed by atoms with Crippen molar-refractivity contribution in [2.45, 2.75) is 41.0 Å². The summed E-state index contributed by atoms with van der Waals surface area (Å²) in [5.74, 6) is 0.512. The van der Waals surface area contributed by atoms with Crippen molar-refractivity contribution in [3.05, 3.63) is 71.5 Å². The van der Waals surface area contributed by atoms with E-state index in [1.807, 2.05) is 0 Å². The number of aliphatic imine (C=N–C) groups is 1. The second-order valence-corrected chi connectivity index (χ2v) is 5.72. The maximum Gasteiger partial charge on any atom is 0.0660 e. The van der Waals surface area contributed by atoms with Gasteiger partial charge in [0.15, 0.2) is 0 Å². The van der Waals surface area contributed by atoms with Gasteiger partial charge in [-0.05, 0) is 62.8 Å². The van der Waals surface area contributed by atoms with Gasteiger partial charge in [-0.3, -0.25) is 4.99 Å². The Kier molecular flexibility index (Phi) is 6.87. The molecule has 1 nitrogen and oxygen atoms in total. The molecule has 112 valence electrons. The fourth-order valence-corrected chi connectivity index (χ4v) is 2.08. The fourth-order valence-electron chi connectivity index (χ4n) is 2.08. The monoisotopic (exact) mass is 281 g/mol. The standard InChI is InChI=1S/C20H27N/c1-7-21-20(18(6)15(2)3)14-17(5)19-12-8-10-16(4)11-9-13-19/h7-12,14,16H,1,13H2,2-6H3/b10-8-,11-9-,17-14+,19-12+,21-20-. The van der Waals surface area contributed by atoms with E-state index in [1.54, 1.807) is 6.20 Å². The van der Waals surface area contributed by atoms with Gasteiger partial charge in [0.25, 0.3) is 0 Å². The van der Waals surface area contributed by atoms with Crippen molar-refractivity contribution in [2.24, 2.45) is 10.9 Å². The van der Waals surface area contributed by atoms with E-state index in [4.69, 9.17) is 0 Å². The molecule has 0 fully saturated rings. The molecule has 0 saturated carbocycles. The predicted molar refractivity (Wildman–Crippen MR) is 95.6 cm³/mol. The molecule has 1 unspecified atom stereocenters. The van der Waals surface area contributed by atoms with Crippen molar-refractivity contribution >= 4 is 5.71 Å². The Bertz CT molecular complexity index is 559. The minimum atomic E-state index is 0.512. The molecule has 0 bridgehead atoms. The highest BCUT2D eigenvalue weighted by Gasteiger charge is 2.05. The summed E-state index contributed by atoms with van der Waals surface area (Å²) in [5.41, 5.74) is 6.06. The summed E-state index contributed by atoms with van der Waals surface area (Å²) in [6, 6.07) is 0. The summed E-state index contributed by atoms with van der Waals surface area (Å²) in [7, 11) is 0. The van der Waals surface area contributed by atoms with Crippen LogP contribution in [0.2, 0.25) is 0 Å². The zero-order valence-electron chi connectivity index (χ0n) is 14.0. The molecule has 0 amide bonds. The van der Waals surface area contributed by atoms with E-state index >= 15 is 0 Å². The maximum absolute atomic E-state index is 4.42. The molecular weight excluding hydrogens is 254 g/mol. The zero-order chi connectivity index (χ0) is 15.8. The molecule has 1 aliphatic rings. The number of nitrogens with zero attached hydrogens (tertiary/aromatic N) is 1. The van der Waals surface area contributed by atoms with Gasteiger partial charge in [-0.25, -0.2) is 0 Å². The first kappa shape index (κ1) is 17.2. The summed E-state index contributed by atoms with van der Waals surface area (Å²) < 4.78 is 0. The lowest BCUT2D eigenvalue weighted by Crippen LogP contribution is -2.00. The lowest BCUT2D eigenvalue weighted by atomic mass is 9.96. The number of rotatable bonds is 4. The van der Waals surface area contributed by atoms with Crippen LogP contribution in [0.4, 0.5) is 0 Å². The van der Waals surface area contributed by atoms with Crippen LogP contribution in [0.25, 0.3) is 0 Å². The van der Waals surface area contributed by atoms with Crippen molar-refractivity contribution in [2.75, 3.05) is 0 Å². The summed E-state index contributed by atoms with van der Waals surface area (Å²) in [6.45, 7) is 14.4. The Labute approximate surface area is 129 Å². The van der Waals surface area contributed by atoms with Crippen molar-refractivity contribution < 1.29 is 0 Å². The Morgan fingerprint density at radius 1 is 1.24 bits per heavy atom. The molecule has 0 aromatic heterocycles. The van der Waals surface area contributed by atoms with Gasteiger partial charge in [0.1, 0.15) is 0 Å². The van der Waals surface area contributed by atoms with Crippen LogP contribution in [-0.4, -0.2) is 5.71 Å². The highest BCUT2D eigenvalue weighted by Crippen LogP contribution is 2.19. The van der Waals surface area contributed by atoms with E-state index in [0.717, 1.165) is 12.1 Å². The molecule has 0 aromatic rings. The van der Waals surface area contributed by atoms with Gasteiger partial charge in [-0.15, -0.1) is 0 Å². The summed E-state index contributed by atoms with van der Waals surface area (Å²) in [5, 5.41) is 0. The van der Waals surface area contributed by atoms with Gasteiger partial charge in [0, 0.05) is 6.20 Å². The van der Waals surface area contributed by atoms with Crippen molar-refractivity contribution in [3.63, 3.8) is 0 Å². The topological polar surface area (TPSA) is 12.4 Å². The van der Waals surface area contributed by atoms with Gasteiger partial charge in [0.05, 0.1) is 5.71 Å². The number of hydrogen-bond donors (Lipinski definition) is 0. The molecule has 0 heterocycles. The second-order valence-electron chi connectivity index (χ2n) is 5.72. The Morgan fingerprint density at radius 3 is 2.57 bits per heavy atom. The van der Waals surface area contributed by atoms with Crippen molar-refractivity contribution in [1.29, 1.82) is 0 Å². The third-order valence-electron chi connectivity index (χ3n) is 3.71. The third-order valence-corrected chi connectivity index (χ3v) is 3.71. The molecule has 1 rings (SSSR count). The first-order chi connectivity index (χ1) is 9.95. The third kappa shape index (κ3) is 5.55. The minimum Gasteiger partial charge on any atom is -0.257 e. The van der Waals surface area contributed by atoms with Gasteiger partial charge < -0.3 is 0 Å². The fraction of sp³-hybridized carbons (Fsp3) is 0.350. The van der Waals surface area contributed by atoms with E-state index in [1.165, 1.54) is 22.3 Å². The Balaban J connectivity index is 3.12. The summed E-state index contributed by atoms with van der Waals surface area (Å²) in [6.07, 6.45) is 15.8. The van der Waals surface area contributed by atoms with Gasteiger partial charge in [-0.1, -0.05) is 49.5 Å². The molecule has 0 radical (unpaired) electrons. The van der Waals surface area contributed by atoms with Crippen LogP contribution in [0.3, 0.4) is 0 Å². The van der Waals surface area contributed by atoms with Crippen LogP contribution in [0, 0.1) is 5.92 Å². The van der Waals surface area contributed by atoms with Crippen LogP contribution in [0.5, 0.6) is 0 Å². The largest absolute Gasteiger partial charge is 0.257 e. The van der Waals surface area contributed by atoms with Crippen LogP contribution in [0.1, 0.15) is 41.0 Å². The molecular formula is C20H27N. The molecule has 0 N–H and O–H groups in total. The lowest BCUT2D eigenvalue weighted by Gasteiger charge is -2.10. The number of hydrogen-bond acceptors (Lipinski definition) is 1. The highest BCUT2D eigenvalue weighted by atomic mass is 14.7. The molecule has 0 saturated heterocycles. The van der Waals surface area contributed by atoms with E-state index in [0.29, 0.717) is 5.92 Å². The van der Waals surface area contributed by atoms with E-state index in [2.05, 4.69) is 82.6 Å². The van der Waals surface area contributed by atoms with Gasteiger partial charge >= 0.3 is 0 Å². The summed E-state index contributed by atoms with van der Waals surface area (Å²) >= 11 is 0. The molecule has 0 spiro atoms. The molecule has 1 atom stereocenters. The van der Waals surface area contributed by atoms with E-state index < -0.39 is 0 Å². The van der Waals surface area contributed by atoms with Crippen molar-refractivity contribution in [1.82, 2.24) is 0 Å². The van der Waals surface area contributed by atoms with Crippen LogP contribution in [-0.2, 0) is 0 Å². The average Bonchev–Trinajstić information content (AvgIpc) is 2.41. The van der Waals surface area contributed by atoms with Crippen LogP contribution < -0.4 is 0 Å². The molecule has 1 aliphatic carbocycles. The molecule has 0 aromatic carbocycles.